The second kappa shape index (κ2) is 6.59. The Bertz CT molecular complexity index is 410. The van der Waals surface area contributed by atoms with Crippen LogP contribution >= 0.6 is 0 Å². The zero-order valence-electron chi connectivity index (χ0n) is 12.9. The van der Waals surface area contributed by atoms with Crippen LogP contribution in [0.3, 0.4) is 0 Å². The molecular formula is C17H27NO2. The molecule has 1 aromatic carbocycles. The lowest BCUT2D eigenvalue weighted by molar-refractivity contribution is 0.182. The van der Waals surface area contributed by atoms with Crippen LogP contribution in [-0.2, 0) is 5.41 Å². The second-order valence-electron chi connectivity index (χ2n) is 6.39. The van der Waals surface area contributed by atoms with E-state index < -0.39 is 0 Å². The molecule has 2 rings (SSSR count). The Morgan fingerprint density at radius 2 is 1.95 bits per heavy atom. The molecule has 112 valence electrons. The maximum Gasteiger partial charge on any atom is 0.119 e. The van der Waals surface area contributed by atoms with E-state index in [1.165, 1.54) is 18.4 Å². The summed E-state index contributed by atoms with van der Waals surface area (Å²) in [5.41, 5.74) is 1.54. The first-order valence-corrected chi connectivity index (χ1v) is 7.65. The fourth-order valence-electron chi connectivity index (χ4n) is 2.14. The fraction of sp³-hybridized carbons (Fsp3) is 0.647. The van der Waals surface area contributed by atoms with E-state index in [0.29, 0.717) is 12.6 Å². The molecule has 1 saturated carbocycles. The van der Waals surface area contributed by atoms with Crippen LogP contribution in [0.4, 0.5) is 0 Å². The molecule has 3 heteroatoms. The van der Waals surface area contributed by atoms with Gasteiger partial charge in [-0.05, 0) is 42.4 Å². The maximum absolute atomic E-state index is 9.32. The highest BCUT2D eigenvalue weighted by Crippen LogP contribution is 2.28. The van der Waals surface area contributed by atoms with Crippen molar-refractivity contribution in [1.82, 2.24) is 5.32 Å². The Kier molecular flexibility index (Phi) is 5.06. The third-order valence-corrected chi connectivity index (χ3v) is 4.24. The van der Waals surface area contributed by atoms with Crippen LogP contribution in [0.5, 0.6) is 5.75 Å². The van der Waals surface area contributed by atoms with E-state index in [-0.39, 0.29) is 18.1 Å². The molecule has 0 spiro atoms. The molecule has 3 nitrogen and oxygen atoms in total. The van der Waals surface area contributed by atoms with Gasteiger partial charge in [-0.2, -0.15) is 0 Å². The van der Waals surface area contributed by atoms with Gasteiger partial charge in [0.05, 0.1) is 12.6 Å². The van der Waals surface area contributed by atoms with E-state index >= 15 is 0 Å². The predicted octanol–water partition coefficient (Wildman–Crippen LogP) is 2.87. The second-order valence-corrected chi connectivity index (χ2v) is 6.39. The van der Waals surface area contributed by atoms with Gasteiger partial charge >= 0.3 is 0 Å². The van der Waals surface area contributed by atoms with E-state index in [9.17, 15) is 5.11 Å². The summed E-state index contributed by atoms with van der Waals surface area (Å²) in [4.78, 5) is 0. The third-order valence-electron chi connectivity index (χ3n) is 4.24. The number of hydrogen-bond acceptors (Lipinski definition) is 3. The van der Waals surface area contributed by atoms with Crippen LogP contribution < -0.4 is 10.1 Å². The fourth-order valence-corrected chi connectivity index (χ4v) is 2.14. The lowest BCUT2D eigenvalue weighted by Crippen LogP contribution is -2.39. The van der Waals surface area contributed by atoms with Crippen LogP contribution in [0.25, 0.3) is 0 Å². The highest BCUT2D eigenvalue weighted by molar-refractivity contribution is 5.31. The molecule has 0 saturated heterocycles. The third kappa shape index (κ3) is 4.22. The molecule has 1 aromatic rings. The minimum atomic E-state index is 0.0364. The normalized spacial score (nSPS) is 17.0. The lowest BCUT2D eigenvalue weighted by Gasteiger charge is -2.23. The molecule has 2 N–H and O–H groups in total. The molecule has 0 bridgehead atoms. The molecule has 0 heterocycles. The minimum absolute atomic E-state index is 0.0364. The molecule has 20 heavy (non-hydrogen) atoms. The van der Waals surface area contributed by atoms with Crippen molar-refractivity contribution in [2.45, 2.75) is 57.5 Å². The van der Waals surface area contributed by atoms with Gasteiger partial charge in [-0.3, -0.25) is 0 Å². The lowest BCUT2D eigenvalue weighted by atomic mass is 9.82. The summed E-state index contributed by atoms with van der Waals surface area (Å²) in [7, 11) is 0. The summed E-state index contributed by atoms with van der Waals surface area (Å²) in [5.74, 6) is 0.872. The van der Waals surface area contributed by atoms with E-state index in [4.69, 9.17) is 4.74 Å². The Hall–Kier alpha value is -1.06. The van der Waals surface area contributed by atoms with E-state index in [1.54, 1.807) is 0 Å². The number of aliphatic hydroxyl groups excluding tert-OH is 1. The van der Waals surface area contributed by atoms with Gasteiger partial charge in [0.15, 0.2) is 0 Å². The summed E-state index contributed by atoms with van der Waals surface area (Å²) in [6, 6.07) is 8.96. The average molecular weight is 277 g/mol. The van der Waals surface area contributed by atoms with Crippen molar-refractivity contribution in [3.8, 4) is 5.75 Å². The summed E-state index contributed by atoms with van der Waals surface area (Å²) in [5, 5.41) is 12.7. The topological polar surface area (TPSA) is 41.5 Å². The number of rotatable bonds is 8. The number of aliphatic hydroxyl groups is 1. The molecule has 0 aliphatic heterocycles. The molecular weight excluding hydrogens is 250 g/mol. The van der Waals surface area contributed by atoms with Crippen LogP contribution in [0.1, 0.15) is 45.6 Å². The van der Waals surface area contributed by atoms with Gasteiger partial charge in [-0.25, -0.2) is 0 Å². The van der Waals surface area contributed by atoms with Gasteiger partial charge < -0.3 is 15.2 Å². The highest BCUT2D eigenvalue weighted by Gasteiger charge is 2.24. The Morgan fingerprint density at radius 3 is 2.45 bits per heavy atom. The van der Waals surface area contributed by atoms with Crippen molar-refractivity contribution >= 4 is 0 Å². The Morgan fingerprint density at radius 1 is 1.30 bits per heavy atom. The predicted molar refractivity (Wildman–Crippen MR) is 82.3 cm³/mol. The van der Waals surface area contributed by atoms with E-state index in [1.807, 2.05) is 12.1 Å². The van der Waals surface area contributed by atoms with Gasteiger partial charge in [-0.15, -0.1) is 0 Å². The van der Waals surface area contributed by atoms with Crippen molar-refractivity contribution in [2.24, 2.45) is 0 Å². The zero-order valence-corrected chi connectivity index (χ0v) is 12.9. The van der Waals surface area contributed by atoms with Crippen LogP contribution in [-0.4, -0.2) is 30.4 Å². The highest BCUT2D eigenvalue weighted by atomic mass is 16.5. The number of hydrogen-bond donors (Lipinski definition) is 2. The number of benzene rings is 1. The van der Waals surface area contributed by atoms with Gasteiger partial charge in [0.2, 0.25) is 0 Å². The molecule has 0 amide bonds. The zero-order chi connectivity index (χ0) is 14.6. The van der Waals surface area contributed by atoms with Crippen molar-refractivity contribution in [2.75, 3.05) is 13.2 Å². The molecule has 1 aliphatic rings. The Balaban J connectivity index is 1.86. The molecule has 1 atom stereocenters. The van der Waals surface area contributed by atoms with E-state index in [2.05, 4.69) is 38.2 Å². The van der Waals surface area contributed by atoms with Crippen molar-refractivity contribution < 1.29 is 9.84 Å². The number of nitrogens with one attached hydrogen (secondary N) is 1. The minimum Gasteiger partial charge on any atom is -0.492 e. The smallest absolute Gasteiger partial charge is 0.119 e. The monoisotopic (exact) mass is 277 g/mol. The van der Waals surface area contributed by atoms with Crippen LogP contribution in [0.2, 0.25) is 0 Å². The SMILES string of the molecule is CCC(C)(C)c1ccc(OCC(CO)NC2CC2)cc1. The Labute approximate surface area is 122 Å². The summed E-state index contributed by atoms with van der Waals surface area (Å²) in [6.45, 7) is 7.36. The maximum atomic E-state index is 9.32. The summed E-state index contributed by atoms with van der Waals surface area (Å²) in [6.07, 6.45) is 3.56. The van der Waals surface area contributed by atoms with Gasteiger partial charge in [-0.1, -0.05) is 32.9 Å². The van der Waals surface area contributed by atoms with Crippen molar-refractivity contribution in [3.05, 3.63) is 29.8 Å². The van der Waals surface area contributed by atoms with Gasteiger partial charge in [0, 0.05) is 6.04 Å². The van der Waals surface area contributed by atoms with Crippen LogP contribution in [0.15, 0.2) is 24.3 Å². The summed E-state index contributed by atoms with van der Waals surface area (Å²) >= 11 is 0. The van der Waals surface area contributed by atoms with E-state index in [0.717, 1.165) is 12.2 Å². The van der Waals surface area contributed by atoms with Gasteiger partial charge in [0.25, 0.3) is 0 Å². The first-order valence-electron chi connectivity index (χ1n) is 7.65. The molecule has 0 aromatic heterocycles. The summed E-state index contributed by atoms with van der Waals surface area (Å²) < 4.78 is 5.77. The largest absolute Gasteiger partial charge is 0.492 e. The van der Waals surface area contributed by atoms with Crippen LogP contribution in [0, 0.1) is 0 Å². The van der Waals surface area contributed by atoms with Gasteiger partial charge in [0.1, 0.15) is 12.4 Å². The first-order chi connectivity index (χ1) is 9.55. The van der Waals surface area contributed by atoms with Crippen molar-refractivity contribution in [1.29, 1.82) is 0 Å². The molecule has 0 radical (unpaired) electrons. The molecule has 1 unspecified atom stereocenters. The number of ether oxygens (including phenoxy) is 1. The average Bonchev–Trinajstić information content (AvgIpc) is 3.28. The first kappa shape index (κ1) is 15.3. The quantitative estimate of drug-likeness (QED) is 0.768. The molecule has 1 fully saturated rings. The van der Waals surface area contributed by atoms with Crippen molar-refractivity contribution in [3.63, 3.8) is 0 Å². The molecule has 1 aliphatic carbocycles. The standard InChI is InChI=1S/C17H27NO2/c1-4-17(2,3)13-5-9-16(10-6-13)20-12-15(11-19)18-14-7-8-14/h5-6,9-10,14-15,18-19H,4,7-8,11-12H2,1-3H3.